The lowest BCUT2D eigenvalue weighted by Gasteiger charge is -2.32. The summed E-state index contributed by atoms with van der Waals surface area (Å²) < 4.78 is 0. The van der Waals surface area contributed by atoms with Gasteiger partial charge in [-0.25, -0.2) is 0 Å². The van der Waals surface area contributed by atoms with E-state index in [4.69, 9.17) is 5.11 Å². The van der Waals surface area contributed by atoms with Crippen molar-refractivity contribution in [3.8, 4) is 0 Å². The molecule has 1 aliphatic rings. The Morgan fingerprint density at radius 1 is 1.33 bits per heavy atom. The monoisotopic (exact) mass is 256 g/mol. The molecular weight excluding hydrogens is 232 g/mol. The minimum atomic E-state index is -0.711. The van der Waals surface area contributed by atoms with Crippen molar-refractivity contribution < 1.29 is 14.7 Å². The Morgan fingerprint density at radius 3 is 2.44 bits per heavy atom. The number of amides is 1. The van der Waals surface area contributed by atoms with Crippen LogP contribution in [0.4, 0.5) is 0 Å². The van der Waals surface area contributed by atoms with Crippen LogP contribution in [0, 0.1) is 5.92 Å². The van der Waals surface area contributed by atoms with Crippen LogP contribution < -0.4 is 0 Å². The van der Waals surface area contributed by atoms with Gasteiger partial charge >= 0.3 is 5.97 Å². The van der Waals surface area contributed by atoms with E-state index in [-0.39, 0.29) is 12.3 Å². The molecule has 0 saturated carbocycles. The summed E-state index contributed by atoms with van der Waals surface area (Å²) in [4.78, 5) is 26.1. The number of carboxylic acids is 1. The molecule has 0 atom stereocenters. The third-order valence-corrected chi connectivity index (χ3v) is 3.73. The van der Waals surface area contributed by atoms with E-state index in [1.165, 1.54) is 0 Å². The van der Waals surface area contributed by atoms with Crippen LogP contribution >= 0.6 is 0 Å². The van der Waals surface area contributed by atoms with Crippen LogP contribution in [-0.2, 0) is 9.59 Å². The predicted molar refractivity (Wildman–Crippen MR) is 69.3 cm³/mol. The zero-order valence-electron chi connectivity index (χ0n) is 11.4. The average Bonchev–Trinajstić information content (AvgIpc) is 2.36. The van der Waals surface area contributed by atoms with E-state index in [2.05, 4.69) is 4.90 Å². The Hall–Kier alpha value is -1.10. The predicted octanol–water partition coefficient (Wildman–Crippen LogP) is 1.04. The smallest absolute Gasteiger partial charge is 0.303 e. The number of rotatable bonds is 6. The lowest BCUT2D eigenvalue weighted by Crippen LogP contribution is -2.42. The number of carboxylic acid groups (broad SMARTS) is 1. The molecule has 1 amide bonds. The van der Waals surface area contributed by atoms with Gasteiger partial charge in [-0.3, -0.25) is 14.5 Å². The minimum absolute atomic E-state index is 0.168. The Bertz CT molecular complexity index is 286. The SMILES string of the molecule is CCN(C)C(=O)CN1CCC(CCC(=O)O)CC1. The fraction of sp³-hybridized carbons (Fsp3) is 0.846. The Balaban J connectivity index is 2.23. The molecule has 1 fully saturated rings. The molecule has 0 aromatic rings. The number of nitrogens with zero attached hydrogens (tertiary/aromatic N) is 2. The number of hydrogen-bond acceptors (Lipinski definition) is 3. The van der Waals surface area contributed by atoms with Crippen molar-refractivity contribution >= 4 is 11.9 Å². The number of aliphatic carboxylic acids is 1. The third kappa shape index (κ3) is 5.04. The average molecular weight is 256 g/mol. The van der Waals surface area contributed by atoms with Gasteiger partial charge in [-0.2, -0.15) is 0 Å². The maximum Gasteiger partial charge on any atom is 0.303 e. The number of likely N-dealkylation sites (N-methyl/N-ethyl adjacent to an activating group) is 1. The molecule has 0 bridgehead atoms. The zero-order valence-corrected chi connectivity index (χ0v) is 11.4. The molecular formula is C13H24N2O3. The molecule has 1 saturated heterocycles. The first kappa shape index (κ1) is 15.0. The van der Waals surface area contributed by atoms with Crippen molar-refractivity contribution in [2.45, 2.75) is 32.6 Å². The number of hydrogen-bond donors (Lipinski definition) is 1. The molecule has 1 N–H and O–H groups in total. The fourth-order valence-corrected chi connectivity index (χ4v) is 2.25. The van der Waals surface area contributed by atoms with Gasteiger partial charge < -0.3 is 10.0 Å². The lowest BCUT2D eigenvalue weighted by atomic mass is 9.92. The second kappa shape index (κ2) is 7.36. The molecule has 5 heteroatoms. The van der Waals surface area contributed by atoms with E-state index >= 15 is 0 Å². The van der Waals surface area contributed by atoms with Crippen molar-refractivity contribution in [2.24, 2.45) is 5.92 Å². The quantitative estimate of drug-likeness (QED) is 0.771. The summed E-state index contributed by atoms with van der Waals surface area (Å²) in [7, 11) is 1.82. The van der Waals surface area contributed by atoms with Crippen LogP contribution in [0.5, 0.6) is 0 Å². The van der Waals surface area contributed by atoms with Gasteiger partial charge in [-0.15, -0.1) is 0 Å². The Kier molecular flexibility index (Phi) is 6.12. The molecule has 1 heterocycles. The van der Waals surface area contributed by atoms with E-state index in [0.717, 1.165) is 38.9 Å². The van der Waals surface area contributed by atoms with E-state index in [1.807, 2.05) is 14.0 Å². The van der Waals surface area contributed by atoms with E-state index < -0.39 is 5.97 Å². The molecule has 0 radical (unpaired) electrons. The third-order valence-electron chi connectivity index (χ3n) is 3.73. The number of likely N-dealkylation sites (tertiary alicyclic amines) is 1. The number of piperidine rings is 1. The molecule has 104 valence electrons. The fourth-order valence-electron chi connectivity index (χ4n) is 2.25. The molecule has 0 aliphatic carbocycles. The Morgan fingerprint density at radius 2 is 1.94 bits per heavy atom. The molecule has 0 aromatic carbocycles. The van der Waals surface area contributed by atoms with Crippen LogP contribution in [0.3, 0.4) is 0 Å². The van der Waals surface area contributed by atoms with E-state index in [1.54, 1.807) is 4.90 Å². The first-order valence-electron chi connectivity index (χ1n) is 6.71. The van der Waals surface area contributed by atoms with Crippen molar-refractivity contribution in [1.29, 1.82) is 0 Å². The maximum absolute atomic E-state index is 11.7. The van der Waals surface area contributed by atoms with Gasteiger partial charge in [0.15, 0.2) is 0 Å². The van der Waals surface area contributed by atoms with Gasteiger partial charge in [0.2, 0.25) is 5.91 Å². The highest BCUT2D eigenvalue weighted by Crippen LogP contribution is 2.21. The van der Waals surface area contributed by atoms with Crippen molar-refractivity contribution in [3.63, 3.8) is 0 Å². The van der Waals surface area contributed by atoms with Crippen LogP contribution in [0.15, 0.2) is 0 Å². The van der Waals surface area contributed by atoms with Crippen LogP contribution in [0.25, 0.3) is 0 Å². The summed E-state index contributed by atoms with van der Waals surface area (Å²) in [6.45, 7) is 5.03. The van der Waals surface area contributed by atoms with E-state index in [9.17, 15) is 9.59 Å². The van der Waals surface area contributed by atoms with Crippen molar-refractivity contribution in [3.05, 3.63) is 0 Å². The first-order chi connectivity index (χ1) is 8.52. The summed E-state index contributed by atoms with van der Waals surface area (Å²) in [5.74, 6) is -0.0324. The summed E-state index contributed by atoms with van der Waals surface area (Å²) in [6, 6.07) is 0. The molecule has 1 rings (SSSR count). The Labute approximate surface area is 109 Å². The minimum Gasteiger partial charge on any atom is -0.481 e. The van der Waals surface area contributed by atoms with Crippen molar-refractivity contribution in [1.82, 2.24) is 9.80 Å². The number of carbonyl (C=O) groups excluding carboxylic acids is 1. The lowest BCUT2D eigenvalue weighted by molar-refractivity contribution is -0.137. The molecule has 0 unspecified atom stereocenters. The molecule has 1 aliphatic heterocycles. The van der Waals surface area contributed by atoms with Crippen LogP contribution in [0.2, 0.25) is 0 Å². The normalized spacial score (nSPS) is 17.7. The standard InChI is InChI=1S/C13H24N2O3/c1-3-14(2)12(16)10-15-8-6-11(7-9-15)4-5-13(17)18/h11H,3-10H2,1-2H3,(H,17,18). The second-order valence-electron chi connectivity index (χ2n) is 5.06. The van der Waals surface area contributed by atoms with Gasteiger partial charge in [0.25, 0.3) is 0 Å². The van der Waals surface area contributed by atoms with Crippen LogP contribution in [-0.4, -0.2) is 60.0 Å². The van der Waals surface area contributed by atoms with Crippen molar-refractivity contribution in [2.75, 3.05) is 33.2 Å². The molecule has 0 spiro atoms. The van der Waals surface area contributed by atoms with Crippen LogP contribution in [0.1, 0.15) is 32.6 Å². The van der Waals surface area contributed by atoms with Gasteiger partial charge in [0, 0.05) is 20.0 Å². The summed E-state index contributed by atoms with van der Waals surface area (Å²) in [6.07, 6.45) is 3.06. The second-order valence-corrected chi connectivity index (χ2v) is 5.06. The highest BCUT2D eigenvalue weighted by atomic mass is 16.4. The van der Waals surface area contributed by atoms with Gasteiger partial charge in [-0.1, -0.05) is 0 Å². The summed E-state index contributed by atoms with van der Waals surface area (Å²) >= 11 is 0. The van der Waals surface area contributed by atoms with Gasteiger partial charge in [0.1, 0.15) is 0 Å². The van der Waals surface area contributed by atoms with Gasteiger partial charge in [0.05, 0.1) is 6.54 Å². The van der Waals surface area contributed by atoms with E-state index in [0.29, 0.717) is 12.5 Å². The van der Waals surface area contributed by atoms with Gasteiger partial charge in [-0.05, 0) is 45.2 Å². The molecule has 18 heavy (non-hydrogen) atoms. The highest BCUT2D eigenvalue weighted by molar-refractivity contribution is 5.77. The summed E-state index contributed by atoms with van der Waals surface area (Å²) in [5.41, 5.74) is 0. The highest BCUT2D eigenvalue weighted by Gasteiger charge is 2.21. The molecule has 5 nitrogen and oxygen atoms in total. The summed E-state index contributed by atoms with van der Waals surface area (Å²) in [5, 5.41) is 8.64. The molecule has 0 aromatic heterocycles. The number of carbonyl (C=O) groups is 2. The topological polar surface area (TPSA) is 60.9 Å². The first-order valence-corrected chi connectivity index (χ1v) is 6.71. The zero-order chi connectivity index (χ0) is 13.5. The maximum atomic E-state index is 11.7. The largest absolute Gasteiger partial charge is 0.481 e.